The van der Waals surface area contributed by atoms with Gasteiger partial charge in [0.2, 0.25) is 0 Å². The molecule has 86 valence electrons. The Bertz CT molecular complexity index is 407. The summed E-state index contributed by atoms with van der Waals surface area (Å²) in [6.45, 7) is 0.261. The molecule has 0 saturated carbocycles. The number of nitrogens with zero attached hydrogens (tertiary/aromatic N) is 2. The van der Waals surface area contributed by atoms with Gasteiger partial charge in [0.1, 0.15) is 4.60 Å². The second kappa shape index (κ2) is 4.49. The van der Waals surface area contributed by atoms with E-state index < -0.39 is 5.92 Å². The van der Waals surface area contributed by atoms with Gasteiger partial charge in [-0.15, -0.1) is 0 Å². The molecule has 16 heavy (non-hydrogen) atoms. The van der Waals surface area contributed by atoms with Gasteiger partial charge in [0.05, 0.1) is 6.54 Å². The van der Waals surface area contributed by atoms with Crippen molar-refractivity contribution in [2.24, 2.45) is 0 Å². The third kappa shape index (κ3) is 3.01. The summed E-state index contributed by atoms with van der Waals surface area (Å²) in [4.78, 5) is 5.61. The Labute approximate surface area is 101 Å². The second-order valence-corrected chi connectivity index (χ2v) is 4.65. The maximum absolute atomic E-state index is 13.1. The first-order chi connectivity index (χ1) is 7.55. The van der Waals surface area contributed by atoms with E-state index in [0.29, 0.717) is 6.54 Å². The van der Waals surface area contributed by atoms with Crippen LogP contribution in [0.25, 0.3) is 0 Å². The third-order valence-electron chi connectivity index (χ3n) is 2.34. The molecule has 0 bridgehead atoms. The van der Waals surface area contributed by atoms with Crippen LogP contribution in [0, 0.1) is 0 Å². The smallest absolute Gasteiger partial charge is 0.268 e. The lowest BCUT2D eigenvalue weighted by molar-refractivity contribution is -0.0279. The van der Waals surface area contributed by atoms with Gasteiger partial charge in [0, 0.05) is 19.2 Å². The molecule has 0 unspecified atom stereocenters. The molecule has 0 amide bonds. The van der Waals surface area contributed by atoms with E-state index in [9.17, 15) is 8.78 Å². The molecule has 5 heteroatoms. The van der Waals surface area contributed by atoms with Gasteiger partial charge >= 0.3 is 0 Å². The van der Waals surface area contributed by atoms with Gasteiger partial charge in [-0.05, 0) is 39.8 Å². The number of halogens is 3. The molecule has 1 aromatic rings. The number of aromatic nitrogens is 1. The van der Waals surface area contributed by atoms with E-state index in [4.69, 9.17) is 0 Å². The molecule has 0 aliphatic carbocycles. The van der Waals surface area contributed by atoms with E-state index in [1.807, 2.05) is 12.1 Å². The van der Waals surface area contributed by atoms with Gasteiger partial charge in [0.15, 0.2) is 0 Å². The summed E-state index contributed by atoms with van der Waals surface area (Å²) in [5.41, 5.74) is 0.962. The molecule has 0 fully saturated rings. The molecule has 0 spiro atoms. The van der Waals surface area contributed by atoms with Crippen LogP contribution in [0.4, 0.5) is 8.78 Å². The molecule has 2 rings (SSSR count). The van der Waals surface area contributed by atoms with Crippen molar-refractivity contribution < 1.29 is 8.78 Å². The average Bonchev–Trinajstić information content (AvgIpc) is 2.15. The summed E-state index contributed by atoms with van der Waals surface area (Å²) in [6, 6.07) is 3.66. The van der Waals surface area contributed by atoms with Crippen molar-refractivity contribution in [2.75, 3.05) is 6.54 Å². The number of rotatable bonds is 2. The fourth-order valence-corrected chi connectivity index (χ4v) is 2.08. The Balaban J connectivity index is 2.05. The van der Waals surface area contributed by atoms with Crippen molar-refractivity contribution in [3.63, 3.8) is 0 Å². The standard InChI is InChI=1S/C11H11BrF2N2/c12-10-6-9(2-4-15-10)7-16-5-1-3-11(13,14)8-16/h1-2,4-6H,3,7-8H2. The maximum Gasteiger partial charge on any atom is 0.268 e. The van der Waals surface area contributed by atoms with Crippen molar-refractivity contribution in [1.82, 2.24) is 9.88 Å². The van der Waals surface area contributed by atoms with Gasteiger partial charge in [-0.25, -0.2) is 13.8 Å². The molecular formula is C11H11BrF2N2. The third-order valence-corrected chi connectivity index (χ3v) is 2.78. The first-order valence-corrected chi connectivity index (χ1v) is 5.73. The highest BCUT2D eigenvalue weighted by molar-refractivity contribution is 9.10. The topological polar surface area (TPSA) is 16.1 Å². The summed E-state index contributed by atoms with van der Waals surface area (Å²) in [7, 11) is 0. The van der Waals surface area contributed by atoms with Crippen LogP contribution in [-0.4, -0.2) is 22.4 Å². The van der Waals surface area contributed by atoms with Crippen LogP contribution in [0.3, 0.4) is 0 Å². The van der Waals surface area contributed by atoms with E-state index in [1.54, 1.807) is 17.3 Å². The van der Waals surface area contributed by atoms with Crippen molar-refractivity contribution in [3.05, 3.63) is 40.8 Å². The van der Waals surface area contributed by atoms with Crippen LogP contribution >= 0.6 is 15.9 Å². The molecule has 1 aliphatic heterocycles. The van der Waals surface area contributed by atoms with E-state index in [0.717, 1.165) is 10.2 Å². The Morgan fingerprint density at radius 2 is 2.31 bits per heavy atom. The molecular weight excluding hydrogens is 278 g/mol. The Hall–Kier alpha value is -0.970. The minimum Gasteiger partial charge on any atom is -0.367 e. The highest BCUT2D eigenvalue weighted by Gasteiger charge is 2.32. The van der Waals surface area contributed by atoms with Crippen LogP contribution in [-0.2, 0) is 6.54 Å². The van der Waals surface area contributed by atoms with Gasteiger partial charge in [-0.1, -0.05) is 6.08 Å². The average molecular weight is 289 g/mol. The van der Waals surface area contributed by atoms with Gasteiger partial charge in [0.25, 0.3) is 5.92 Å². The molecule has 0 radical (unpaired) electrons. The lowest BCUT2D eigenvalue weighted by Gasteiger charge is -2.29. The zero-order valence-electron chi connectivity index (χ0n) is 8.54. The predicted octanol–water partition coefficient (Wildman–Crippen LogP) is 3.20. The van der Waals surface area contributed by atoms with Gasteiger partial charge in [-0.2, -0.15) is 0 Å². The Morgan fingerprint density at radius 3 is 3.00 bits per heavy atom. The van der Waals surface area contributed by atoms with Crippen LogP contribution in [0.5, 0.6) is 0 Å². The maximum atomic E-state index is 13.1. The van der Waals surface area contributed by atoms with Crippen molar-refractivity contribution in [3.8, 4) is 0 Å². The van der Waals surface area contributed by atoms with Gasteiger partial charge in [-0.3, -0.25) is 0 Å². The highest BCUT2D eigenvalue weighted by Crippen LogP contribution is 2.25. The Morgan fingerprint density at radius 1 is 1.50 bits per heavy atom. The molecule has 2 nitrogen and oxygen atoms in total. The van der Waals surface area contributed by atoms with E-state index in [2.05, 4.69) is 20.9 Å². The molecule has 1 aliphatic rings. The van der Waals surface area contributed by atoms with Gasteiger partial charge < -0.3 is 4.90 Å². The zero-order chi connectivity index (χ0) is 11.6. The van der Waals surface area contributed by atoms with Crippen molar-refractivity contribution >= 4 is 15.9 Å². The lowest BCUT2D eigenvalue weighted by Crippen LogP contribution is -2.35. The summed E-state index contributed by atoms with van der Waals surface area (Å²) in [5.74, 6) is -2.61. The van der Waals surface area contributed by atoms with E-state index in [-0.39, 0.29) is 13.0 Å². The van der Waals surface area contributed by atoms with Crippen LogP contribution in [0.1, 0.15) is 12.0 Å². The monoisotopic (exact) mass is 288 g/mol. The number of hydrogen-bond donors (Lipinski definition) is 0. The lowest BCUT2D eigenvalue weighted by atomic mass is 10.1. The number of allylic oxidation sites excluding steroid dienone is 1. The van der Waals surface area contributed by atoms with E-state index >= 15 is 0 Å². The normalized spacial score (nSPS) is 18.8. The van der Waals surface area contributed by atoms with Crippen molar-refractivity contribution in [1.29, 1.82) is 0 Å². The van der Waals surface area contributed by atoms with Crippen molar-refractivity contribution in [2.45, 2.75) is 18.9 Å². The van der Waals surface area contributed by atoms with Crippen LogP contribution in [0.15, 0.2) is 35.2 Å². The summed E-state index contributed by atoms with van der Waals surface area (Å²) in [6.07, 6.45) is 4.74. The molecule has 0 saturated heterocycles. The predicted molar refractivity (Wildman–Crippen MR) is 61.1 cm³/mol. The van der Waals surface area contributed by atoms with E-state index in [1.165, 1.54) is 6.08 Å². The Kier molecular flexibility index (Phi) is 3.23. The van der Waals surface area contributed by atoms with Crippen LogP contribution in [0.2, 0.25) is 0 Å². The highest BCUT2D eigenvalue weighted by atomic mass is 79.9. The summed E-state index contributed by atoms with van der Waals surface area (Å²) in [5, 5.41) is 0. The SMILES string of the molecule is FC1(F)CC=CN(Cc2ccnc(Br)c2)C1. The summed E-state index contributed by atoms with van der Waals surface area (Å²) >= 11 is 3.25. The largest absolute Gasteiger partial charge is 0.367 e. The number of pyridine rings is 1. The summed E-state index contributed by atoms with van der Waals surface area (Å²) < 4.78 is 27.0. The molecule has 0 aromatic carbocycles. The molecule has 0 N–H and O–H groups in total. The quantitative estimate of drug-likeness (QED) is 0.777. The first kappa shape index (κ1) is 11.5. The van der Waals surface area contributed by atoms with Crippen LogP contribution < -0.4 is 0 Å². The minimum atomic E-state index is -2.61. The first-order valence-electron chi connectivity index (χ1n) is 4.94. The number of alkyl halides is 2. The fraction of sp³-hybridized carbons (Fsp3) is 0.364. The molecule has 2 heterocycles. The molecule has 0 atom stereocenters. The fourth-order valence-electron chi connectivity index (χ4n) is 1.67. The second-order valence-electron chi connectivity index (χ2n) is 3.84. The minimum absolute atomic E-state index is 0.163. The number of hydrogen-bond acceptors (Lipinski definition) is 2. The molecule has 1 aromatic heterocycles. The zero-order valence-corrected chi connectivity index (χ0v) is 10.1.